The number of nitrogens with one attached hydrogen (secondary N) is 2. The molecule has 0 saturated carbocycles. The fraction of sp³-hybridized carbons (Fsp3) is 0.231. The van der Waals surface area contributed by atoms with Gasteiger partial charge in [0.1, 0.15) is 5.65 Å². The number of benzene rings is 2. The van der Waals surface area contributed by atoms with Gasteiger partial charge in [0.25, 0.3) is 10.0 Å². The molecule has 2 aromatic heterocycles. The monoisotopic (exact) mass is 503 g/mol. The largest absolute Gasteiger partial charge is 0.369 e. The summed E-state index contributed by atoms with van der Waals surface area (Å²) in [4.78, 5) is 14.1. The third-order valence-electron chi connectivity index (χ3n) is 6.15. The van der Waals surface area contributed by atoms with Gasteiger partial charge in [-0.2, -0.15) is 4.98 Å². The van der Waals surface area contributed by atoms with Crippen LogP contribution in [0.3, 0.4) is 0 Å². The first-order valence-corrected chi connectivity index (χ1v) is 13.2. The summed E-state index contributed by atoms with van der Waals surface area (Å²) < 4.78 is 29.1. The molecule has 2 N–H and O–H groups in total. The number of fused-ring (bicyclic) bond motifs is 1. The van der Waals surface area contributed by atoms with Gasteiger partial charge in [-0.05, 0) is 68.6 Å². The molecule has 9 nitrogen and oxygen atoms in total. The van der Waals surface area contributed by atoms with E-state index in [9.17, 15) is 8.42 Å². The Morgan fingerprint density at radius 3 is 2.28 bits per heavy atom. The van der Waals surface area contributed by atoms with Crippen LogP contribution in [0.1, 0.15) is 6.92 Å². The first-order chi connectivity index (χ1) is 17.3. The van der Waals surface area contributed by atoms with E-state index >= 15 is 0 Å². The molecule has 2 aromatic carbocycles. The van der Waals surface area contributed by atoms with Crippen molar-refractivity contribution in [1.82, 2.24) is 24.2 Å². The van der Waals surface area contributed by atoms with Crippen molar-refractivity contribution in [3.63, 3.8) is 0 Å². The minimum absolute atomic E-state index is 0.169. The van der Waals surface area contributed by atoms with Gasteiger partial charge in [-0.15, -0.1) is 0 Å². The first-order valence-electron chi connectivity index (χ1n) is 11.7. The smallest absolute Gasteiger partial charge is 0.261 e. The Labute approximate surface area is 211 Å². The topological polar surface area (TPSA) is 95.4 Å². The predicted octanol–water partition coefficient (Wildman–Crippen LogP) is 3.73. The van der Waals surface area contributed by atoms with Crippen LogP contribution in [0.25, 0.3) is 16.7 Å². The number of anilines is 3. The molecule has 0 amide bonds. The van der Waals surface area contributed by atoms with E-state index in [-0.39, 0.29) is 4.90 Å². The maximum atomic E-state index is 12.4. The van der Waals surface area contributed by atoms with E-state index in [4.69, 9.17) is 4.98 Å². The Balaban J connectivity index is 1.35. The molecule has 0 bridgehead atoms. The van der Waals surface area contributed by atoms with Crippen molar-refractivity contribution in [2.45, 2.75) is 11.8 Å². The molecule has 5 rings (SSSR count). The SMILES string of the molecule is C=C(C)NS(=O)(=O)c1ccc(-n2ccc3cnc(Nc4ccc(N5CCN(C)CC5)cc4)nc32)cc1. The highest BCUT2D eigenvalue weighted by Crippen LogP contribution is 2.24. The molecule has 36 heavy (non-hydrogen) atoms. The zero-order chi connectivity index (χ0) is 25.3. The normalized spacial score (nSPS) is 14.7. The molecule has 0 radical (unpaired) electrons. The van der Waals surface area contributed by atoms with Crippen LogP contribution in [0.15, 0.2) is 84.2 Å². The predicted molar refractivity (Wildman–Crippen MR) is 143 cm³/mol. The lowest BCUT2D eigenvalue weighted by atomic mass is 10.2. The summed E-state index contributed by atoms with van der Waals surface area (Å²) in [5.74, 6) is 0.486. The van der Waals surface area contributed by atoms with Crippen LogP contribution in [-0.2, 0) is 10.0 Å². The third kappa shape index (κ3) is 5.05. The fourth-order valence-corrected chi connectivity index (χ4v) is 5.28. The van der Waals surface area contributed by atoms with Gasteiger partial charge in [0.2, 0.25) is 5.95 Å². The number of likely N-dealkylation sites (N-methyl/N-ethyl adjacent to an activating group) is 1. The Kier molecular flexibility index (Phi) is 6.38. The quantitative estimate of drug-likeness (QED) is 0.397. The molecule has 186 valence electrons. The average Bonchev–Trinajstić information content (AvgIpc) is 3.28. The molecular formula is C26H29N7O2S. The molecule has 0 unspecified atom stereocenters. The Hall–Kier alpha value is -3.89. The number of piperazine rings is 1. The Morgan fingerprint density at radius 1 is 0.944 bits per heavy atom. The summed E-state index contributed by atoms with van der Waals surface area (Å²) in [7, 11) is -1.49. The number of allylic oxidation sites excluding steroid dienone is 1. The number of rotatable bonds is 7. The van der Waals surface area contributed by atoms with Crippen LogP contribution in [0, 0.1) is 0 Å². The van der Waals surface area contributed by atoms with Crippen LogP contribution in [0.4, 0.5) is 17.3 Å². The average molecular weight is 504 g/mol. The molecule has 1 aliphatic heterocycles. The van der Waals surface area contributed by atoms with Crippen molar-refractivity contribution in [2.24, 2.45) is 0 Å². The molecular weight excluding hydrogens is 474 g/mol. The second-order valence-corrected chi connectivity index (χ2v) is 10.7. The zero-order valence-corrected chi connectivity index (χ0v) is 21.2. The second-order valence-electron chi connectivity index (χ2n) is 9.00. The molecule has 0 spiro atoms. The molecule has 4 aromatic rings. The van der Waals surface area contributed by atoms with E-state index in [1.807, 2.05) is 29.0 Å². The molecule has 0 aliphatic carbocycles. The lowest BCUT2D eigenvalue weighted by Gasteiger charge is -2.34. The lowest BCUT2D eigenvalue weighted by molar-refractivity contribution is 0.313. The number of hydrogen-bond acceptors (Lipinski definition) is 7. The maximum absolute atomic E-state index is 12.4. The van der Waals surface area contributed by atoms with Crippen LogP contribution in [0.5, 0.6) is 0 Å². The Bertz CT molecular complexity index is 1490. The van der Waals surface area contributed by atoms with E-state index in [0.717, 1.165) is 48.6 Å². The number of sulfonamides is 1. The van der Waals surface area contributed by atoms with Crippen molar-refractivity contribution < 1.29 is 8.42 Å². The number of nitrogens with zero attached hydrogens (tertiary/aromatic N) is 5. The highest BCUT2D eigenvalue weighted by molar-refractivity contribution is 7.89. The second kappa shape index (κ2) is 9.63. The summed E-state index contributed by atoms with van der Waals surface area (Å²) >= 11 is 0. The van der Waals surface area contributed by atoms with Crippen molar-refractivity contribution in [1.29, 1.82) is 0 Å². The highest BCUT2D eigenvalue weighted by atomic mass is 32.2. The summed E-state index contributed by atoms with van der Waals surface area (Å²) in [5.41, 5.74) is 3.99. The van der Waals surface area contributed by atoms with Gasteiger partial charge in [-0.3, -0.25) is 4.72 Å². The van der Waals surface area contributed by atoms with Gasteiger partial charge in [-0.25, -0.2) is 13.4 Å². The van der Waals surface area contributed by atoms with E-state index in [0.29, 0.717) is 11.6 Å². The molecule has 3 heterocycles. The van der Waals surface area contributed by atoms with Crippen LogP contribution >= 0.6 is 0 Å². The summed E-state index contributed by atoms with van der Waals surface area (Å²) in [5, 5.41) is 4.17. The first kappa shape index (κ1) is 23.8. The van der Waals surface area contributed by atoms with E-state index in [1.54, 1.807) is 37.4 Å². The molecule has 0 atom stereocenters. The minimum atomic E-state index is -3.64. The van der Waals surface area contributed by atoms with Crippen LogP contribution < -0.4 is 14.9 Å². The van der Waals surface area contributed by atoms with Gasteiger partial charge in [-0.1, -0.05) is 6.58 Å². The number of aromatic nitrogens is 3. The summed E-state index contributed by atoms with van der Waals surface area (Å²) in [6.07, 6.45) is 3.67. The minimum Gasteiger partial charge on any atom is -0.369 e. The molecule has 1 saturated heterocycles. The van der Waals surface area contributed by atoms with E-state index in [1.165, 1.54) is 5.69 Å². The van der Waals surface area contributed by atoms with Gasteiger partial charge < -0.3 is 19.7 Å². The van der Waals surface area contributed by atoms with Crippen LogP contribution in [0.2, 0.25) is 0 Å². The van der Waals surface area contributed by atoms with Crippen molar-refractivity contribution in [2.75, 3.05) is 43.4 Å². The van der Waals surface area contributed by atoms with Gasteiger partial charge in [0.05, 0.1) is 4.90 Å². The van der Waals surface area contributed by atoms with Gasteiger partial charge >= 0.3 is 0 Å². The lowest BCUT2D eigenvalue weighted by Crippen LogP contribution is -2.44. The van der Waals surface area contributed by atoms with Gasteiger partial charge in [0, 0.05) is 66.7 Å². The Morgan fingerprint density at radius 2 is 1.61 bits per heavy atom. The van der Waals surface area contributed by atoms with E-state index in [2.05, 4.69) is 50.6 Å². The van der Waals surface area contributed by atoms with Gasteiger partial charge in [0.15, 0.2) is 0 Å². The summed E-state index contributed by atoms with van der Waals surface area (Å²) in [6.45, 7) is 9.39. The van der Waals surface area contributed by atoms with Crippen LogP contribution in [-0.4, -0.2) is 61.1 Å². The third-order valence-corrected chi connectivity index (χ3v) is 7.66. The molecule has 1 fully saturated rings. The van der Waals surface area contributed by atoms with Crippen molar-refractivity contribution >= 4 is 38.4 Å². The standard InChI is InChI=1S/C26H29N7O2S/c1-19(2)30-36(34,35)24-10-8-23(9-11-24)33-13-12-20-18-27-26(29-25(20)33)28-21-4-6-22(7-5-21)32-16-14-31(3)15-17-32/h4-13,18,30H,1,14-17H2,2-3H3,(H,27,28,29). The molecule has 10 heteroatoms. The number of hydrogen-bond donors (Lipinski definition) is 2. The van der Waals surface area contributed by atoms with Crippen molar-refractivity contribution in [3.8, 4) is 5.69 Å². The molecule has 1 aliphatic rings. The fourth-order valence-electron chi connectivity index (χ4n) is 4.21. The summed E-state index contributed by atoms with van der Waals surface area (Å²) in [6, 6.07) is 16.9. The van der Waals surface area contributed by atoms with E-state index < -0.39 is 10.0 Å². The van der Waals surface area contributed by atoms with Crippen molar-refractivity contribution in [3.05, 3.63) is 79.3 Å². The maximum Gasteiger partial charge on any atom is 0.261 e. The zero-order valence-electron chi connectivity index (χ0n) is 20.3. The highest BCUT2D eigenvalue weighted by Gasteiger charge is 2.15.